The maximum Gasteiger partial charge on any atom is 0.490 e. The van der Waals surface area contributed by atoms with Crippen molar-refractivity contribution in [1.82, 2.24) is 15.1 Å². The molecule has 2 heterocycles. The summed E-state index contributed by atoms with van der Waals surface area (Å²) >= 11 is 0. The molecule has 2 saturated heterocycles. The van der Waals surface area contributed by atoms with Crippen LogP contribution in [0.3, 0.4) is 0 Å². The lowest BCUT2D eigenvalue weighted by atomic mass is 9.85. The van der Waals surface area contributed by atoms with Crippen molar-refractivity contribution >= 4 is 17.8 Å². The largest absolute Gasteiger partial charge is 0.490 e. The first-order chi connectivity index (χ1) is 14.6. The van der Waals surface area contributed by atoms with Crippen molar-refractivity contribution in [3.8, 4) is 0 Å². The van der Waals surface area contributed by atoms with Crippen LogP contribution in [0.15, 0.2) is 30.3 Å². The summed E-state index contributed by atoms with van der Waals surface area (Å²) in [4.78, 5) is 37.4. The van der Waals surface area contributed by atoms with Gasteiger partial charge in [-0.3, -0.25) is 14.5 Å². The Morgan fingerprint density at radius 2 is 1.71 bits per heavy atom. The molecule has 172 valence electrons. The van der Waals surface area contributed by atoms with E-state index in [0.29, 0.717) is 32.8 Å². The molecule has 0 aromatic heterocycles. The van der Waals surface area contributed by atoms with Crippen LogP contribution in [0.25, 0.3) is 0 Å². The van der Waals surface area contributed by atoms with Crippen LogP contribution in [-0.4, -0.2) is 90.8 Å². The average Bonchev–Trinajstić information content (AvgIpc) is 2.76. The van der Waals surface area contributed by atoms with Crippen LogP contribution < -0.4 is 5.32 Å². The predicted octanol–water partition coefficient (Wildman–Crippen LogP) is 1.37. The standard InChI is InChI=1S/C18H25N3O3.C2HF3O2/c1-19-16(22)13-21-11-12-24-14-18(21)7-9-20(10-8-18)17(23)15-5-3-2-4-6-15;3-2(4,5)1(6)7/h2-6H,7-14H2,1H3,(H,19,22);(H,6,7). The number of nitrogens with zero attached hydrogens (tertiary/aromatic N) is 2. The van der Waals surface area contributed by atoms with Crippen molar-refractivity contribution in [3.05, 3.63) is 35.9 Å². The average molecular weight is 445 g/mol. The van der Waals surface area contributed by atoms with E-state index in [1.54, 1.807) is 7.05 Å². The van der Waals surface area contributed by atoms with Crippen molar-refractivity contribution in [1.29, 1.82) is 0 Å². The molecular formula is C20H26F3N3O5. The molecule has 1 aromatic carbocycles. The lowest BCUT2D eigenvalue weighted by Crippen LogP contribution is -2.63. The van der Waals surface area contributed by atoms with E-state index in [0.717, 1.165) is 24.9 Å². The van der Waals surface area contributed by atoms with Crippen molar-refractivity contribution in [3.63, 3.8) is 0 Å². The number of likely N-dealkylation sites (N-methyl/N-ethyl adjacent to an activating group) is 1. The normalized spacial score (nSPS) is 18.6. The second-order valence-electron chi connectivity index (χ2n) is 7.33. The van der Waals surface area contributed by atoms with Gasteiger partial charge in [-0.1, -0.05) is 18.2 Å². The molecule has 8 nitrogen and oxygen atoms in total. The molecule has 2 amide bonds. The number of rotatable bonds is 3. The highest BCUT2D eigenvalue weighted by atomic mass is 19.4. The molecule has 0 unspecified atom stereocenters. The maximum absolute atomic E-state index is 12.6. The Kier molecular flexibility index (Phi) is 8.40. The summed E-state index contributed by atoms with van der Waals surface area (Å²) in [6.45, 7) is 3.85. The Labute approximate surface area is 177 Å². The van der Waals surface area contributed by atoms with E-state index in [2.05, 4.69) is 10.2 Å². The minimum atomic E-state index is -5.08. The molecule has 3 rings (SSSR count). The molecule has 0 saturated carbocycles. The van der Waals surface area contributed by atoms with Crippen LogP contribution in [0.2, 0.25) is 0 Å². The van der Waals surface area contributed by atoms with Crippen LogP contribution in [0.5, 0.6) is 0 Å². The van der Waals surface area contributed by atoms with Gasteiger partial charge >= 0.3 is 12.1 Å². The van der Waals surface area contributed by atoms with Crippen LogP contribution in [0.4, 0.5) is 13.2 Å². The van der Waals surface area contributed by atoms with Crippen molar-refractivity contribution in [2.45, 2.75) is 24.6 Å². The van der Waals surface area contributed by atoms with Crippen LogP contribution in [0, 0.1) is 0 Å². The number of carbonyl (C=O) groups is 3. The third-order valence-electron chi connectivity index (χ3n) is 5.41. The summed E-state index contributed by atoms with van der Waals surface area (Å²) in [7, 11) is 1.66. The Morgan fingerprint density at radius 3 is 2.23 bits per heavy atom. The quantitative estimate of drug-likeness (QED) is 0.729. The first kappa shape index (κ1) is 24.6. The number of benzene rings is 1. The summed E-state index contributed by atoms with van der Waals surface area (Å²) < 4.78 is 37.4. The number of aliphatic carboxylic acids is 1. The molecule has 2 aliphatic rings. The number of morpholine rings is 1. The van der Waals surface area contributed by atoms with Gasteiger partial charge in [0.15, 0.2) is 0 Å². The minimum absolute atomic E-state index is 0.0269. The van der Waals surface area contributed by atoms with Crippen molar-refractivity contribution in [2.75, 3.05) is 46.4 Å². The first-order valence-electron chi connectivity index (χ1n) is 9.77. The molecule has 31 heavy (non-hydrogen) atoms. The van der Waals surface area contributed by atoms with Gasteiger partial charge in [0.25, 0.3) is 5.91 Å². The minimum Gasteiger partial charge on any atom is -0.475 e. The van der Waals surface area contributed by atoms with Crippen molar-refractivity contribution in [2.24, 2.45) is 0 Å². The van der Waals surface area contributed by atoms with E-state index >= 15 is 0 Å². The zero-order valence-electron chi connectivity index (χ0n) is 17.2. The summed E-state index contributed by atoms with van der Waals surface area (Å²) in [5, 5.41) is 9.82. The highest BCUT2D eigenvalue weighted by molar-refractivity contribution is 5.94. The number of hydrogen-bond acceptors (Lipinski definition) is 5. The Morgan fingerprint density at radius 1 is 1.13 bits per heavy atom. The number of hydrogen-bond donors (Lipinski definition) is 2. The molecule has 11 heteroatoms. The van der Waals surface area contributed by atoms with Gasteiger partial charge in [-0.05, 0) is 25.0 Å². The SMILES string of the molecule is CNC(=O)CN1CCOCC12CCN(C(=O)c1ccccc1)CC2.O=C(O)C(F)(F)F. The first-order valence-corrected chi connectivity index (χ1v) is 9.77. The summed E-state index contributed by atoms with van der Waals surface area (Å²) in [5.41, 5.74) is 0.605. The van der Waals surface area contributed by atoms with E-state index in [1.165, 1.54) is 0 Å². The number of ether oxygens (including phenoxy) is 1. The van der Waals surface area contributed by atoms with Gasteiger partial charge in [-0.25, -0.2) is 4.79 Å². The molecular weight excluding hydrogens is 419 g/mol. The highest BCUT2D eigenvalue weighted by Crippen LogP contribution is 2.32. The zero-order chi connectivity index (χ0) is 23.1. The number of likely N-dealkylation sites (tertiary alicyclic amines) is 1. The molecule has 2 fully saturated rings. The lowest BCUT2D eigenvalue weighted by molar-refractivity contribution is -0.192. The smallest absolute Gasteiger partial charge is 0.475 e. The summed E-state index contributed by atoms with van der Waals surface area (Å²) in [6, 6.07) is 9.40. The van der Waals surface area contributed by atoms with E-state index < -0.39 is 12.1 Å². The fourth-order valence-electron chi connectivity index (χ4n) is 3.61. The number of carboxylic acids is 1. The molecule has 2 N–H and O–H groups in total. The molecule has 1 aromatic rings. The third kappa shape index (κ3) is 6.66. The maximum atomic E-state index is 12.6. The second kappa shape index (κ2) is 10.6. The zero-order valence-corrected chi connectivity index (χ0v) is 17.2. The molecule has 0 radical (unpaired) electrons. The van der Waals surface area contributed by atoms with Crippen LogP contribution in [0.1, 0.15) is 23.2 Å². The van der Waals surface area contributed by atoms with E-state index in [4.69, 9.17) is 14.6 Å². The van der Waals surface area contributed by atoms with Gasteiger partial charge in [-0.2, -0.15) is 13.2 Å². The Hall–Kier alpha value is -2.66. The third-order valence-corrected chi connectivity index (χ3v) is 5.41. The number of carboxylic acid groups (broad SMARTS) is 1. The van der Waals surface area contributed by atoms with Gasteiger partial charge in [0.05, 0.1) is 19.8 Å². The van der Waals surface area contributed by atoms with Gasteiger partial charge in [0.1, 0.15) is 0 Å². The number of piperidine rings is 1. The van der Waals surface area contributed by atoms with Gasteiger partial charge in [-0.15, -0.1) is 0 Å². The van der Waals surface area contributed by atoms with Crippen LogP contribution >= 0.6 is 0 Å². The monoisotopic (exact) mass is 445 g/mol. The number of halogens is 3. The number of alkyl halides is 3. The molecule has 0 bridgehead atoms. The fourth-order valence-corrected chi connectivity index (χ4v) is 3.61. The van der Waals surface area contributed by atoms with Gasteiger partial charge < -0.3 is 20.1 Å². The number of carbonyl (C=O) groups excluding carboxylic acids is 2. The molecule has 0 aliphatic carbocycles. The summed E-state index contributed by atoms with van der Waals surface area (Å²) in [6.07, 6.45) is -3.41. The fraction of sp³-hybridized carbons (Fsp3) is 0.550. The Balaban J connectivity index is 0.000000423. The van der Waals surface area contributed by atoms with Gasteiger partial charge in [0.2, 0.25) is 5.91 Å². The summed E-state index contributed by atoms with van der Waals surface area (Å²) in [5.74, 6) is -2.65. The van der Waals surface area contributed by atoms with E-state index in [1.807, 2.05) is 35.2 Å². The second-order valence-corrected chi connectivity index (χ2v) is 7.33. The Bertz CT molecular complexity index is 765. The number of nitrogens with one attached hydrogen (secondary N) is 1. The topological polar surface area (TPSA) is 99.2 Å². The van der Waals surface area contributed by atoms with Crippen LogP contribution in [-0.2, 0) is 14.3 Å². The van der Waals surface area contributed by atoms with Gasteiger partial charge in [0, 0.05) is 37.8 Å². The molecule has 1 spiro atoms. The van der Waals surface area contributed by atoms with E-state index in [9.17, 15) is 22.8 Å². The van der Waals surface area contributed by atoms with Crippen molar-refractivity contribution < 1.29 is 37.4 Å². The molecule has 0 atom stereocenters. The molecule has 2 aliphatic heterocycles. The predicted molar refractivity (Wildman–Crippen MR) is 104 cm³/mol. The lowest BCUT2D eigenvalue weighted by Gasteiger charge is -2.50. The van der Waals surface area contributed by atoms with E-state index in [-0.39, 0.29) is 17.4 Å². The highest BCUT2D eigenvalue weighted by Gasteiger charge is 2.43. The number of amides is 2.